The van der Waals surface area contributed by atoms with Gasteiger partial charge in [-0.05, 0) is 42.7 Å². The van der Waals surface area contributed by atoms with Crippen molar-refractivity contribution in [2.45, 2.75) is 26.8 Å². The minimum atomic E-state index is -0.406. The molecule has 0 aliphatic carbocycles. The molecule has 1 aromatic carbocycles. The molecule has 0 radical (unpaired) electrons. The molecular formula is C20H22N4O3. The molecule has 7 heteroatoms. The minimum absolute atomic E-state index is 0.0649. The van der Waals surface area contributed by atoms with Crippen LogP contribution in [-0.2, 0) is 4.79 Å². The molecule has 2 aromatic heterocycles. The topological polar surface area (TPSA) is 90.1 Å². The highest BCUT2D eigenvalue weighted by molar-refractivity contribution is 5.78. The molecule has 0 aliphatic heterocycles. The molecule has 0 saturated heterocycles. The highest BCUT2D eigenvalue weighted by atomic mass is 16.5. The third kappa shape index (κ3) is 4.91. The molecule has 1 atom stereocenters. The fraction of sp³-hybridized carbons (Fsp3) is 0.300. The Hall–Kier alpha value is -3.22. The maximum atomic E-state index is 12.3. The lowest BCUT2D eigenvalue weighted by atomic mass is 10.0. The van der Waals surface area contributed by atoms with Crippen LogP contribution in [0.4, 0.5) is 0 Å². The van der Waals surface area contributed by atoms with Crippen molar-refractivity contribution < 1.29 is 14.1 Å². The van der Waals surface area contributed by atoms with Gasteiger partial charge < -0.3 is 14.6 Å². The summed E-state index contributed by atoms with van der Waals surface area (Å²) in [5.41, 5.74) is 1.82. The van der Waals surface area contributed by atoms with E-state index in [-0.39, 0.29) is 18.4 Å². The lowest BCUT2D eigenvalue weighted by Gasteiger charge is -2.18. The molecule has 7 nitrogen and oxygen atoms in total. The van der Waals surface area contributed by atoms with Crippen LogP contribution in [0.2, 0.25) is 0 Å². The van der Waals surface area contributed by atoms with E-state index in [1.807, 2.05) is 51.1 Å². The van der Waals surface area contributed by atoms with Crippen molar-refractivity contribution in [1.82, 2.24) is 20.4 Å². The van der Waals surface area contributed by atoms with Crippen LogP contribution in [0, 0.1) is 12.8 Å². The van der Waals surface area contributed by atoms with Gasteiger partial charge in [-0.2, -0.15) is 4.98 Å². The number of aromatic nitrogens is 3. The molecule has 0 saturated carbocycles. The number of hydrogen-bond acceptors (Lipinski definition) is 6. The molecule has 0 spiro atoms. The predicted octanol–water partition coefficient (Wildman–Crippen LogP) is 3.33. The van der Waals surface area contributed by atoms with Gasteiger partial charge in [-0.15, -0.1) is 0 Å². The van der Waals surface area contributed by atoms with Crippen LogP contribution in [0.5, 0.6) is 5.75 Å². The fourth-order valence-electron chi connectivity index (χ4n) is 2.56. The van der Waals surface area contributed by atoms with E-state index < -0.39 is 6.04 Å². The molecule has 0 bridgehead atoms. The standard InChI is InChI=1S/C20H22N4O3/c1-13(2)18(20-23-19(24-27-20)15-7-5-9-21-11-15)22-17(25)12-26-16-8-4-6-14(3)10-16/h4-11,13,18H,12H2,1-3H3,(H,22,25). The van der Waals surface area contributed by atoms with Crippen molar-refractivity contribution in [1.29, 1.82) is 0 Å². The van der Waals surface area contributed by atoms with Gasteiger partial charge in [-0.3, -0.25) is 9.78 Å². The molecular weight excluding hydrogens is 344 g/mol. The molecule has 1 amide bonds. The fourth-order valence-corrected chi connectivity index (χ4v) is 2.56. The van der Waals surface area contributed by atoms with Crippen molar-refractivity contribution in [3.63, 3.8) is 0 Å². The zero-order valence-corrected chi connectivity index (χ0v) is 15.5. The summed E-state index contributed by atoms with van der Waals surface area (Å²) in [6.07, 6.45) is 3.34. The summed E-state index contributed by atoms with van der Waals surface area (Å²) in [6, 6.07) is 10.8. The highest BCUT2D eigenvalue weighted by Gasteiger charge is 2.25. The molecule has 2 heterocycles. The van der Waals surface area contributed by atoms with Crippen molar-refractivity contribution in [2.75, 3.05) is 6.61 Å². The SMILES string of the molecule is Cc1cccc(OCC(=O)NC(c2nc(-c3cccnc3)no2)C(C)C)c1. The summed E-state index contributed by atoms with van der Waals surface area (Å²) in [4.78, 5) is 20.8. The monoisotopic (exact) mass is 366 g/mol. The third-order valence-corrected chi connectivity index (χ3v) is 3.97. The van der Waals surface area contributed by atoms with E-state index in [1.165, 1.54) is 0 Å². The summed E-state index contributed by atoms with van der Waals surface area (Å²) in [5, 5.41) is 6.90. The summed E-state index contributed by atoms with van der Waals surface area (Å²) < 4.78 is 10.9. The van der Waals surface area contributed by atoms with Gasteiger partial charge in [0.2, 0.25) is 11.7 Å². The lowest BCUT2D eigenvalue weighted by molar-refractivity contribution is -0.124. The number of nitrogens with zero attached hydrogens (tertiary/aromatic N) is 3. The first kappa shape index (κ1) is 18.6. The summed E-state index contributed by atoms with van der Waals surface area (Å²) in [5.74, 6) is 1.26. The number of benzene rings is 1. The van der Waals surface area contributed by atoms with Crippen molar-refractivity contribution in [3.8, 4) is 17.1 Å². The maximum Gasteiger partial charge on any atom is 0.258 e. The number of hydrogen-bond donors (Lipinski definition) is 1. The number of carbonyl (C=O) groups excluding carboxylic acids is 1. The van der Waals surface area contributed by atoms with Gasteiger partial charge in [0.25, 0.3) is 5.91 Å². The van der Waals surface area contributed by atoms with Gasteiger partial charge >= 0.3 is 0 Å². The number of nitrogens with one attached hydrogen (secondary N) is 1. The molecule has 3 aromatic rings. The van der Waals surface area contributed by atoms with Crippen LogP contribution >= 0.6 is 0 Å². The van der Waals surface area contributed by atoms with E-state index in [0.29, 0.717) is 17.5 Å². The second kappa shape index (κ2) is 8.44. The molecule has 1 unspecified atom stereocenters. The van der Waals surface area contributed by atoms with Crippen LogP contribution in [0.25, 0.3) is 11.4 Å². The second-order valence-corrected chi connectivity index (χ2v) is 6.59. The van der Waals surface area contributed by atoms with Gasteiger partial charge in [0.05, 0.1) is 0 Å². The van der Waals surface area contributed by atoms with Crippen LogP contribution in [-0.4, -0.2) is 27.6 Å². The normalized spacial score (nSPS) is 12.0. The highest BCUT2D eigenvalue weighted by Crippen LogP contribution is 2.23. The summed E-state index contributed by atoms with van der Waals surface area (Å²) in [6.45, 7) is 5.83. The first-order valence-corrected chi connectivity index (χ1v) is 8.76. The Morgan fingerprint density at radius 3 is 2.81 bits per heavy atom. The number of rotatable bonds is 7. The minimum Gasteiger partial charge on any atom is -0.484 e. The Labute approximate surface area is 157 Å². The summed E-state index contributed by atoms with van der Waals surface area (Å²) in [7, 11) is 0. The van der Waals surface area contributed by atoms with Gasteiger partial charge in [-0.1, -0.05) is 31.1 Å². The van der Waals surface area contributed by atoms with Gasteiger partial charge in [0.15, 0.2) is 6.61 Å². The van der Waals surface area contributed by atoms with Crippen LogP contribution in [0.3, 0.4) is 0 Å². The van der Waals surface area contributed by atoms with Crippen molar-refractivity contribution in [3.05, 3.63) is 60.2 Å². The third-order valence-electron chi connectivity index (χ3n) is 3.97. The van der Waals surface area contributed by atoms with Crippen molar-refractivity contribution >= 4 is 5.91 Å². The van der Waals surface area contributed by atoms with E-state index in [0.717, 1.165) is 11.1 Å². The molecule has 140 valence electrons. The zero-order valence-electron chi connectivity index (χ0n) is 15.5. The quantitative estimate of drug-likeness (QED) is 0.690. The maximum absolute atomic E-state index is 12.3. The van der Waals surface area contributed by atoms with Crippen molar-refractivity contribution in [2.24, 2.45) is 5.92 Å². The lowest BCUT2D eigenvalue weighted by Crippen LogP contribution is -2.35. The Morgan fingerprint density at radius 2 is 2.11 bits per heavy atom. The second-order valence-electron chi connectivity index (χ2n) is 6.59. The first-order chi connectivity index (χ1) is 13.0. The summed E-state index contributed by atoms with van der Waals surface area (Å²) >= 11 is 0. The number of carbonyl (C=O) groups is 1. The molecule has 0 aliphatic rings. The number of aryl methyl sites for hydroxylation is 1. The van der Waals surface area contributed by atoms with Gasteiger partial charge in [-0.25, -0.2) is 0 Å². The average molecular weight is 366 g/mol. The van der Waals surface area contributed by atoms with E-state index in [4.69, 9.17) is 9.26 Å². The molecule has 1 N–H and O–H groups in total. The Morgan fingerprint density at radius 1 is 1.26 bits per heavy atom. The molecule has 0 fully saturated rings. The van der Waals surface area contributed by atoms with E-state index >= 15 is 0 Å². The van der Waals surface area contributed by atoms with Gasteiger partial charge in [0.1, 0.15) is 11.8 Å². The average Bonchev–Trinajstić information content (AvgIpc) is 3.15. The smallest absolute Gasteiger partial charge is 0.258 e. The largest absolute Gasteiger partial charge is 0.484 e. The van der Waals surface area contributed by atoms with E-state index in [1.54, 1.807) is 18.5 Å². The Bertz CT molecular complexity index is 893. The first-order valence-electron chi connectivity index (χ1n) is 8.76. The van der Waals surface area contributed by atoms with Crippen LogP contribution < -0.4 is 10.1 Å². The Kier molecular flexibility index (Phi) is 5.80. The van der Waals surface area contributed by atoms with E-state index in [9.17, 15) is 4.79 Å². The number of ether oxygens (including phenoxy) is 1. The molecule has 27 heavy (non-hydrogen) atoms. The number of amides is 1. The zero-order chi connectivity index (χ0) is 19.2. The number of pyridine rings is 1. The predicted molar refractivity (Wildman–Crippen MR) is 99.9 cm³/mol. The van der Waals surface area contributed by atoms with Crippen LogP contribution in [0.1, 0.15) is 31.3 Å². The Balaban J connectivity index is 1.65. The van der Waals surface area contributed by atoms with Crippen LogP contribution in [0.15, 0.2) is 53.3 Å². The van der Waals surface area contributed by atoms with E-state index in [2.05, 4.69) is 20.4 Å². The molecule has 3 rings (SSSR count). The van der Waals surface area contributed by atoms with Gasteiger partial charge in [0, 0.05) is 18.0 Å².